The first-order chi connectivity index (χ1) is 12.3. The molecule has 2 aromatic heterocycles. The van der Waals surface area contributed by atoms with Crippen LogP contribution >= 0.6 is 0 Å². The van der Waals surface area contributed by atoms with Gasteiger partial charge >= 0.3 is 0 Å². The first kappa shape index (κ1) is 16.4. The second-order valence-electron chi connectivity index (χ2n) is 7.40. The predicted octanol–water partition coefficient (Wildman–Crippen LogP) is 4.94. The molecule has 3 N–H and O–H groups in total. The highest BCUT2D eigenvalue weighted by Gasteiger charge is 2.21. The van der Waals surface area contributed by atoms with Crippen molar-refractivity contribution in [2.24, 2.45) is 0 Å². The van der Waals surface area contributed by atoms with Gasteiger partial charge in [-0.25, -0.2) is 18.7 Å². The Morgan fingerprint density at radius 2 is 1.81 bits per heavy atom. The third-order valence-electron chi connectivity index (χ3n) is 4.51. The van der Waals surface area contributed by atoms with Gasteiger partial charge in [-0.1, -0.05) is 32.9 Å². The van der Waals surface area contributed by atoms with Gasteiger partial charge in [-0.15, -0.1) is 0 Å². The van der Waals surface area contributed by atoms with Gasteiger partial charge in [0.15, 0.2) is 5.82 Å². The molecule has 0 unspecified atom stereocenters. The SMILES string of the molecule is CC(C)(C)c1cccc2c(N)nc(-c3c[nH]c4c(F)cc(F)cc34)nc12. The van der Waals surface area contributed by atoms with Crippen LogP contribution in [0.15, 0.2) is 36.5 Å². The van der Waals surface area contributed by atoms with Crippen molar-refractivity contribution in [3.8, 4) is 11.4 Å². The number of benzene rings is 2. The molecule has 0 aliphatic heterocycles. The Balaban J connectivity index is 2.05. The smallest absolute Gasteiger partial charge is 0.164 e. The van der Waals surface area contributed by atoms with Crippen molar-refractivity contribution in [1.82, 2.24) is 15.0 Å². The minimum absolute atomic E-state index is 0.143. The molecule has 6 heteroatoms. The number of hydrogen-bond donors (Lipinski definition) is 2. The van der Waals surface area contributed by atoms with Gasteiger partial charge < -0.3 is 10.7 Å². The van der Waals surface area contributed by atoms with Crippen molar-refractivity contribution < 1.29 is 8.78 Å². The number of halogens is 2. The lowest BCUT2D eigenvalue weighted by molar-refractivity contribution is 0.591. The lowest BCUT2D eigenvalue weighted by atomic mass is 9.85. The molecule has 26 heavy (non-hydrogen) atoms. The van der Waals surface area contributed by atoms with Crippen molar-refractivity contribution in [1.29, 1.82) is 0 Å². The van der Waals surface area contributed by atoms with Gasteiger partial charge in [-0.3, -0.25) is 0 Å². The molecule has 0 aliphatic rings. The number of aromatic amines is 1. The summed E-state index contributed by atoms with van der Waals surface area (Å²) >= 11 is 0. The maximum Gasteiger partial charge on any atom is 0.164 e. The van der Waals surface area contributed by atoms with E-state index in [0.29, 0.717) is 22.6 Å². The van der Waals surface area contributed by atoms with Crippen LogP contribution < -0.4 is 5.73 Å². The second kappa shape index (κ2) is 5.49. The third-order valence-corrected chi connectivity index (χ3v) is 4.51. The van der Waals surface area contributed by atoms with E-state index < -0.39 is 11.6 Å². The van der Waals surface area contributed by atoms with E-state index in [4.69, 9.17) is 10.7 Å². The van der Waals surface area contributed by atoms with Crippen LogP contribution in [0.5, 0.6) is 0 Å². The second-order valence-corrected chi connectivity index (χ2v) is 7.40. The molecule has 0 saturated heterocycles. The van der Waals surface area contributed by atoms with Crippen molar-refractivity contribution in [2.45, 2.75) is 26.2 Å². The van der Waals surface area contributed by atoms with Gasteiger partial charge in [-0.2, -0.15) is 0 Å². The highest BCUT2D eigenvalue weighted by atomic mass is 19.1. The molecule has 0 saturated carbocycles. The molecule has 0 aliphatic carbocycles. The Morgan fingerprint density at radius 3 is 2.54 bits per heavy atom. The minimum atomic E-state index is -0.657. The topological polar surface area (TPSA) is 67.6 Å². The van der Waals surface area contributed by atoms with Crippen molar-refractivity contribution >= 4 is 27.6 Å². The van der Waals surface area contributed by atoms with E-state index >= 15 is 0 Å². The molecule has 0 radical (unpaired) electrons. The molecule has 4 nitrogen and oxygen atoms in total. The van der Waals surface area contributed by atoms with Gasteiger partial charge in [0.1, 0.15) is 17.5 Å². The molecule has 0 atom stereocenters. The van der Waals surface area contributed by atoms with Crippen molar-refractivity contribution in [3.63, 3.8) is 0 Å². The molecule has 0 fully saturated rings. The summed E-state index contributed by atoms with van der Waals surface area (Å²) in [6, 6.07) is 7.92. The van der Waals surface area contributed by atoms with Crippen LogP contribution in [-0.2, 0) is 5.41 Å². The number of fused-ring (bicyclic) bond motifs is 2. The van der Waals surface area contributed by atoms with Gasteiger partial charge in [0.05, 0.1) is 11.0 Å². The van der Waals surface area contributed by atoms with E-state index in [-0.39, 0.29) is 10.9 Å². The number of anilines is 1. The van der Waals surface area contributed by atoms with E-state index in [1.807, 2.05) is 18.2 Å². The Morgan fingerprint density at radius 1 is 1.04 bits per heavy atom. The lowest BCUT2D eigenvalue weighted by Gasteiger charge is -2.21. The fraction of sp³-hybridized carbons (Fsp3) is 0.200. The number of nitrogens with one attached hydrogen (secondary N) is 1. The number of H-pyrrole nitrogens is 1. The Kier molecular flexibility index (Phi) is 3.47. The quantitative estimate of drug-likeness (QED) is 0.510. The highest BCUT2D eigenvalue weighted by molar-refractivity contribution is 5.97. The van der Waals surface area contributed by atoms with E-state index in [0.717, 1.165) is 22.5 Å². The number of aromatic nitrogens is 3. The molecule has 2 heterocycles. The first-order valence-corrected chi connectivity index (χ1v) is 8.29. The molecule has 4 aromatic rings. The standard InChI is InChI=1S/C20H18F2N4/c1-20(2,3)14-6-4-5-11-16(14)25-19(26-18(11)23)13-9-24-17-12(13)7-10(21)8-15(17)22/h4-9,24H,1-3H3,(H2,23,25,26). The summed E-state index contributed by atoms with van der Waals surface area (Å²) in [5, 5.41) is 1.15. The van der Waals surface area contributed by atoms with Crippen LogP contribution in [0.4, 0.5) is 14.6 Å². The Labute approximate surface area is 149 Å². The van der Waals surface area contributed by atoms with E-state index in [1.54, 1.807) is 6.20 Å². The zero-order valence-corrected chi connectivity index (χ0v) is 14.7. The largest absolute Gasteiger partial charge is 0.383 e. The predicted molar refractivity (Wildman–Crippen MR) is 99.9 cm³/mol. The van der Waals surface area contributed by atoms with Crippen molar-refractivity contribution in [2.75, 3.05) is 5.73 Å². The van der Waals surface area contributed by atoms with Crippen molar-refractivity contribution in [3.05, 3.63) is 53.7 Å². The molecule has 4 rings (SSSR count). The number of hydrogen-bond acceptors (Lipinski definition) is 3. The van der Waals surface area contributed by atoms with Gasteiger partial charge in [-0.05, 0) is 23.1 Å². The number of nitrogens with two attached hydrogens (primary N) is 1. The molecule has 2 aromatic carbocycles. The average molecular weight is 352 g/mol. The maximum atomic E-state index is 14.0. The molecule has 132 valence electrons. The fourth-order valence-corrected chi connectivity index (χ4v) is 3.24. The number of rotatable bonds is 1. The Bertz CT molecular complexity index is 1160. The van der Waals surface area contributed by atoms with E-state index in [1.165, 1.54) is 6.07 Å². The molecular weight excluding hydrogens is 334 g/mol. The number of para-hydroxylation sites is 1. The summed E-state index contributed by atoms with van der Waals surface area (Å²) in [5.41, 5.74) is 8.53. The van der Waals surface area contributed by atoms with Gasteiger partial charge in [0, 0.05) is 28.6 Å². The lowest BCUT2D eigenvalue weighted by Crippen LogP contribution is -2.13. The Hall–Kier alpha value is -3.02. The van der Waals surface area contributed by atoms with Crippen LogP contribution in [-0.4, -0.2) is 15.0 Å². The van der Waals surface area contributed by atoms with Gasteiger partial charge in [0.2, 0.25) is 0 Å². The third kappa shape index (κ3) is 2.49. The molecule has 0 bridgehead atoms. The zero-order chi connectivity index (χ0) is 18.6. The summed E-state index contributed by atoms with van der Waals surface area (Å²) in [7, 11) is 0. The number of nitrogen functional groups attached to an aromatic ring is 1. The van der Waals surface area contributed by atoms with Crippen LogP contribution in [0.2, 0.25) is 0 Å². The van der Waals surface area contributed by atoms with Crippen LogP contribution in [0.1, 0.15) is 26.3 Å². The van der Waals surface area contributed by atoms with E-state index in [2.05, 4.69) is 30.7 Å². The van der Waals surface area contributed by atoms with Crippen LogP contribution in [0, 0.1) is 11.6 Å². The highest BCUT2D eigenvalue weighted by Crippen LogP contribution is 2.34. The van der Waals surface area contributed by atoms with Crippen LogP contribution in [0.3, 0.4) is 0 Å². The first-order valence-electron chi connectivity index (χ1n) is 8.29. The minimum Gasteiger partial charge on any atom is -0.383 e. The summed E-state index contributed by atoms with van der Waals surface area (Å²) in [6.07, 6.45) is 1.58. The number of nitrogens with zero attached hydrogens (tertiary/aromatic N) is 2. The normalized spacial score (nSPS) is 12.2. The summed E-state index contributed by atoms with van der Waals surface area (Å²) < 4.78 is 27.7. The maximum absolute atomic E-state index is 14.0. The molecule has 0 spiro atoms. The average Bonchev–Trinajstić information content (AvgIpc) is 2.97. The summed E-state index contributed by atoms with van der Waals surface area (Å²) in [6.45, 7) is 6.28. The summed E-state index contributed by atoms with van der Waals surface area (Å²) in [4.78, 5) is 11.9. The summed E-state index contributed by atoms with van der Waals surface area (Å²) in [5.74, 6) is -0.638. The van der Waals surface area contributed by atoms with E-state index in [9.17, 15) is 8.78 Å². The molecule has 0 amide bonds. The van der Waals surface area contributed by atoms with Gasteiger partial charge in [0.25, 0.3) is 0 Å². The monoisotopic (exact) mass is 352 g/mol. The van der Waals surface area contributed by atoms with Crippen LogP contribution in [0.25, 0.3) is 33.2 Å². The fourth-order valence-electron chi connectivity index (χ4n) is 3.24. The molecular formula is C20H18F2N4. The zero-order valence-electron chi connectivity index (χ0n) is 14.7.